The van der Waals surface area contributed by atoms with Crippen LogP contribution in [0.3, 0.4) is 0 Å². The molecule has 2 aromatic rings. The van der Waals surface area contributed by atoms with Crippen molar-refractivity contribution < 1.29 is 23.9 Å². The summed E-state index contributed by atoms with van der Waals surface area (Å²) >= 11 is 0. The molecule has 0 aliphatic rings. The summed E-state index contributed by atoms with van der Waals surface area (Å²) < 4.78 is 15.8. The maximum Gasteiger partial charge on any atom is 0.280 e. The average Bonchev–Trinajstić information content (AvgIpc) is 2.70. The molecule has 0 spiro atoms. The number of hydrogen-bond donors (Lipinski definition) is 1. The van der Waals surface area contributed by atoms with Gasteiger partial charge in [-0.1, -0.05) is 6.07 Å². The number of nitrogens with one attached hydrogen (secondary N) is 1. The molecule has 9 heteroatoms. The van der Waals surface area contributed by atoms with Crippen LogP contribution in [0.5, 0.6) is 17.2 Å². The van der Waals surface area contributed by atoms with E-state index >= 15 is 0 Å². The highest BCUT2D eigenvalue weighted by Crippen LogP contribution is 2.35. The summed E-state index contributed by atoms with van der Waals surface area (Å²) in [5.41, 5.74) is -0.205. The van der Waals surface area contributed by atoms with Gasteiger partial charge in [0.15, 0.2) is 11.5 Å². The van der Waals surface area contributed by atoms with E-state index in [0.717, 1.165) is 6.08 Å². The molecule has 0 atom stereocenters. The molecule has 0 aromatic heterocycles. The molecule has 0 saturated heterocycles. The number of nitrogens with zero attached hydrogens (tertiary/aromatic N) is 2. The zero-order chi connectivity index (χ0) is 22.3. The summed E-state index contributed by atoms with van der Waals surface area (Å²) in [7, 11) is 2.73. The second-order valence-corrected chi connectivity index (χ2v) is 6.34. The lowest BCUT2D eigenvalue weighted by Gasteiger charge is -2.11. The average molecular weight is 411 g/mol. The van der Waals surface area contributed by atoms with Crippen molar-refractivity contribution in [2.75, 3.05) is 19.5 Å². The van der Waals surface area contributed by atoms with Gasteiger partial charge in [-0.25, -0.2) is 0 Å². The zero-order valence-electron chi connectivity index (χ0n) is 17.0. The number of nitriles is 1. The standard InChI is InChI=1S/C21H21N3O6/c1-13(2)30-17-7-5-6-16(10-17)23-21(25)15(12-22)8-14-9-19(28-3)20(29-4)11-18(14)24(26)27/h5-11,13H,1-4H3,(H,23,25)/b15-8-. The quantitative estimate of drug-likeness (QED) is 0.302. The van der Waals surface area contributed by atoms with Gasteiger partial charge in [0.05, 0.1) is 36.9 Å². The minimum atomic E-state index is -0.719. The molecule has 1 amide bonds. The zero-order valence-corrected chi connectivity index (χ0v) is 17.0. The molecule has 9 nitrogen and oxygen atoms in total. The van der Waals surface area contributed by atoms with Gasteiger partial charge in [0, 0.05) is 11.8 Å². The van der Waals surface area contributed by atoms with Crippen molar-refractivity contribution in [3.63, 3.8) is 0 Å². The summed E-state index contributed by atoms with van der Waals surface area (Å²) in [5.74, 6) is 0.223. The van der Waals surface area contributed by atoms with E-state index in [-0.39, 0.29) is 34.4 Å². The maximum atomic E-state index is 12.6. The predicted octanol–water partition coefficient (Wildman–Crippen LogP) is 3.94. The summed E-state index contributed by atoms with van der Waals surface area (Å²) in [6.07, 6.45) is 1.08. The van der Waals surface area contributed by atoms with E-state index in [2.05, 4.69) is 5.32 Å². The van der Waals surface area contributed by atoms with Crippen LogP contribution in [0.1, 0.15) is 19.4 Å². The van der Waals surface area contributed by atoms with Crippen LogP contribution in [0.25, 0.3) is 6.08 Å². The summed E-state index contributed by atoms with van der Waals surface area (Å²) in [4.78, 5) is 23.4. The van der Waals surface area contributed by atoms with Crippen LogP contribution in [0.2, 0.25) is 0 Å². The van der Waals surface area contributed by atoms with Gasteiger partial charge in [-0.05, 0) is 38.1 Å². The van der Waals surface area contributed by atoms with Crippen molar-refractivity contribution >= 4 is 23.4 Å². The highest BCUT2D eigenvalue weighted by molar-refractivity contribution is 6.10. The van der Waals surface area contributed by atoms with Gasteiger partial charge < -0.3 is 19.5 Å². The van der Waals surface area contributed by atoms with Gasteiger partial charge in [0.1, 0.15) is 17.4 Å². The second kappa shape index (κ2) is 9.93. The number of nitro groups is 1. The van der Waals surface area contributed by atoms with Gasteiger partial charge in [-0.2, -0.15) is 5.26 Å². The predicted molar refractivity (Wildman–Crippen MR) is 111 cm³/mol. The number of hydrogen-bond acceptors (Lipinski definition) is 7. The van der Waals surface area contributed by atoms with Crippen molar-refractivity contribution in [1.82, 2.24) is 0 Å². The molecular weight excluding hydrogens is 390 g/mol. The third kappa shape index (κ3) is 5.48. The Bertz CT molecular complexity index is 1020. The molecule has 2 aromatic carbocycles. The largest absolute Gasteiger partial charge is 0.493 e. The number of carbonyl (C=O) groups excluding carboxylic acids is 1. The van der Waals surface area contributed by atoms with Crippen LogP contribution in [0.4, 0.5) is 11.4 Å². The van der Waals surface area contributed by atoms with Crippen LogP contribution in [-0.4, -0.2) is 31.2 Å². The van der Waals surface area contributed by atoms with Crippen LogP contribution in [0.15, 0.2) is 42.0 Å². The van der Waals surface area contributed by atoms with Gasteiger partial charge in [0.25, 0.3) is 11.6 Å². The number of nitro benzene ring substituents is 1. The molecule has 0 heterocycles. The van der Waals surface area contributed by atoms with Crippen molar-refractivity contribution in [2.24, 2.45) is 0 Å². The highest BCUT2D eigenvalue weighted by Gasteiger charge is 2.20. The fraction of sp³-hybridized carbons (Fsp3) is 0.238. The molecule has 1 N–H and O–H groups in total. The molecular formula is C21H21N3O6. The number of methoxy groups -OCH3 is 2. The van der Waals surface area contributed by atoms with Crippen molar-refractivity contribution in [3.8, 4) is 23.3 Å². The Kier molecular flexibility index (Phi) is 7.36. The van der Waals surface area contributed by atoms with E-state index in [1.165, 1.54) is 26.4 Å². The minimum Gasteiger partial charge on any atom is -0.493 e. The van der Waals surface area contributed by atoms with Crippen LogP contribution in [-0.2, 0) is 4.79 Å². The van der Waals surface area contributed by atoms with Crippen LogP contribution >= 0.6 is 0 Å². The van der Waals surface area contributed by atoms with E-state index in [4.69, 9.17) is 14.2 Å². The number of ether oxygens (including phenoxy) is 3. The molecule has 0 saturated carbocycles. The number of amides is 1. The first-order valence-electron chi connectivity index (χ1n) is 8.89. The first kappa shape index (κ1) is 22.2. The molecule has 0 fully saturated rings. The van der Waals surface area contributed by atoms with E-state index in [1.54, 1.807) is 30.3 Å². The fourth-order valence-electron chi connectivity index (χ4n) is 2.58. The number of carbonyl (C=O) groups is 1. The Hall–Kier alpha value is -4.06. The maximum absolute atomic E-state index is 12.6. The number of benzene rings is 2. The number of anilines is 1. The Morgan fingerprint density at radius 1 is 1.20 bits per heavy atom. The van der Waals surface area contributed by atoms with Crippen molar-refractivity contribution in [3.05, 3.63) is 57.6 Å². The summed E-state index contributed by atoms with van der Waals surface area (Å²) in [6, 6.07) is 11.0. The van der Waals surface area contributed by atoms with Crippen molar-refractivity contribution in [2.45, 2.75) is 20.0 Å². The smallest absolute Gasteiger partial charge is 0.280 e. The molecule has 0 unspecified atom stereocenters. The topological polar surface area (TPSA) is 124 Å². The monoisotopic (exact) mass is 411 g/mol. The Morgan fingerprint density at radius 3 is 2.43 bits per heavy atom. The molecule has 0 radical (unpaired) electrons. The van der Waals surface area contributed by atoms with Gasteiger partial charge in [-0.15, -0.1) is 0 Å². The number of rotatable bonds is 8. The highest BCUT2D eigenvalue weighted by atomic mass is 16.6. The van der Waals surface area contributed by atoms with Gasteiger partial charge >= 0.3 is 0 Å². The fourth-order valence-corrected chi connectivity index (χ4v) is 2.58. The lowest BCUT2D eigenvalue weighted by Crippen LogP contribution is -2.14. The molecule has 156 valence electrons. The van der Waals surface area contributed by atoms with Crippen molar-refractivity contribution in [1.29, 1.82) is 5.26 Å². The summed E-state index contributed by atoms with van der Waals surface area (Å²) in [5, 5.41) is 23.5. The minimum absolute atomic E-state index is 0.0289. The lowest BCUT2D eigenvalue weighted by atomic mass is 10.1. The van der Waals surface area contributed by atoms with Crippen LogP contribution in [0, 0.1) is 21.4 Å². The molecule has 30 heavy (non-hydrogen) atoms. The Morgan fingerprint density at radius 2 is 1.87 bits per heavy atom. The van der Waals surface area contributed by atoms with Gasteiger partial charge in [-0.3, -0.25) is 14.9 Å². The van der Waals surface area contributed by atoms with Crippen LogP contribution < -0.4 is 19.5 Å². The Labute approximate surface area is 173 Å². The van der Waals surface area contributed by atoms with E-state index in [0.29, 0.717) is 11.4 Å². The molecule has 0 aliphatic carbocycles. The Balaban J connectivity index is 2.39. The second-order valence-electron chi connectivity index (χ2n) is 6.34. The molecule has 0 bridgehead atoms. The normalized spacial score (nSPS) is 10.9. The van der Waals surface area contributed by atoms with E-state index in [9.17, 15) is 20.2 Å². The first-order valence-corrected chi connectivity index (χ1v) is 8.89. The molecule has 2 rings (SSSR count). The summed E-state index contributed by atoms with van der Waals surface area (Å²) in [6.45, 7) is 3.75. The van der Waals surface area contributed by atoms with Gasteiger partial charge in [0.2, 0.25) is 0 Å². The molecule has 0 aliphatic heterocycles. The third-order valence-electron chi connectivity index (χ3n) is 3.86. The third-order valence-corrected chi connectivity index (χ3v) is 3.86. The first-order chi connectivity index (χ1) is 14.3. The SMILES string of the molecule is COc1cc(/C=C(/C#N)C(=O)Nc2cccc(OC(C)C)c2)c([N+](=O)[O-])cc1OC. The lowest BCUT2D eigenvalue weighted by molar-refractivity contribution is -0.385. The van der Waals surface area contributed by atoms with E-state index in [1.807, 2.05) is 13.8 Å². The van der Waals surface area contributed by atoms with E-state index < -0.39 is 10.8 Å².